The van der Waals surface area contributed by atoms with Gasteiger partial charge in [-0.3, -0.25) is 0 Å². The second-order valence-corrected chi connectivity index (χ2v) is 4.40. The maximum Gasteiger partial charge on any atom is 0.420 e. The molecule has 7 heteroatoms. The number of alkyl halides is 3. The molecule has 1 N–H and O–H groups in total. The van der Waals surface area contributed by atoms with Crippen LogP contribution < -0.4 is 4.74 Å². The van der Waals surface area contributed by atoms with Gasteiger partial charge in [-0.1, -0.05) is 0 Å². The predicted octanol–water partition coefficient (Wildman–Crippen LogP) is 3.33. The van der Waals surface area contributed by atoms with E-state index in [-0.39, 0.29) is 20.4 Å². The van der Waals surface area contributed by atoms with Crippen molar-refractivity contribution in [3.63, 3.8) is 0 Å². The Morgan fingerprint density at radius 1 is 1.47 bits per heavy atom. The second kappa shape index (κ2) is 4.71. The van der Waals surface area contributed by atoms with Crippen LogP contribution in [0.15, 0.2) is 6.07 Å². The molecule has 0 aromatic heterocycles. The van der Waals surface area contributed by atoms with Gasteiger partial charge in [0.15, 0.2) is 0 Å². The molecule has 94 valence electrons. The molecule has 17 heavy (non-hydrogen) atoms. The van der Waals surface area contributed by atoms with Gasteiger partial charge in [0.2, 0.25) is 0 Å². The summed E-state index contributed by atoms with van der Waals surface area (Å²) < 4.78 is 43.2. The summed E-state index contributed by atoms with van der Waals surface area (Å²) >= 11 is 1.67. The van der Waals surface area contributed by atoms with E-state index in [1.807, 2.05) is 0 Å². The third-order valence-electron chi connectivity index (χ3n) is 2.21. The molecule has 0 aliphatic carbocycles. The minimum absolute atomic E-state index is 0.206. The van der Waals surface area contributed by atoms with E-state index < -0.39 is 17.7 Å². The number of benzene rings is 1. The van der Waals surface area contributed by atoms with Crippen molar-refractivity contribution in [3.8, 4) is 5.75 Å². The van der Waals surface area contributed by atoms with Crippen LogP contribution in [-0.4, -0.2) is 18.2 Å². The molecule has 0 aliphatic heterocycles. The number of carboxylic acid groups (broad SMARTS) is 1. The lowest BCUT2D eigenvalue weighted by molar-refractivity contribution is -0.139. The van der Waals surface area contributed by atoms with Gasteiger partial charge in [-0.25, -0.2) is 4.79 Å². The molecule has 1 rings (SSSR count). The van der Waals surface area contributed by atoms with E-state index in [2.05, 4.69) is 4.74 Å². The normalized spacial score (nSPS) is 11.4. The fourth-order valence-electron chi connectivity index (χ4n) is 1.52. The van der Waals surface area contributed by atoms with E-state index >= 15 is 0 Å². The number of halogens is 4. The Bertz CT molecular complexity index is 469. The Hall–Kier alpha value is -0.990. The van der Waals surface area contributed by atoms with Crippen molar-refractivity contribution >= 4 is 28.6 Å². The summed E-state index contributed by atoms with van der Waals surface area (Å²) in [5.74, 6) is -1.76. The monoisotopic (exact) mass is 360 g/mol. The highest BCUT2D eigenvalue weighted by Gasteiger charge is 2.38. The first-order chi connectivity index (χ1) is 7.70. The van der Waals surface area contributed by atoms with Crippen molar-refractivity contribution in [3.05, 3.63) is 26.3 Å². The standard InChI is InChI=1S/C10H8F3IO3/c1-4-7(9(15)16)5(14)3-6(17-2)8(4)10(11,12)13/h3H,1-2H3,(H,15,16). The van der Waals surface area contributed by atoms with Crippen molar-refractivity contribution in [2.75, 3.05) is 7.11 Å². The predicted molar refractivity (Wildman–Crippen MR) is 62.4 cm³/mol. The lowest BCUT2D eigenvalue weighted by atomic mass is 10.0. The number of rotatable bonds is 2. The third kappa shape index (κ3) is 2.64. The Balaban J connectivity index is 3.68. The molecular formula is C10H8F3IO3. The number of hydrogen-bond donors (Lipinski definition) is 1. The van der Waals surface area contributed by atoms with Crippen LogP contribution >= 0.6 is 22.6 Å². The highest BCUT2D eigenvalue weighted by molar-refractivity contribution is 14.1. The van der Waals surface area contributed by atoms with E-state index in [0.29, 0.717) is 0 Å². The van der Waals surface area contributed by atoms with Crippen LogP contribution in [0.3, 0.4) is 0 Å². The number of aromatic carboxylic acids is 1. The first-order valence-corrected chi connectivity index (χ1v) is 5.45. The summed E-state index contributed by atoms with van der Waals surface area (Å²) in [6, 6.07) is 1.07. The van der Waals surface area contributed by atoms with Crippen molar-refractivity contribution < 1.29 is 27.8 Å². The average molecular weight is 360 g/mol. The first-order valence-electron chi connectivity index (χ1n) is 4.37. The number of carbonyl (C=O) groups is 1. The maximum atomic E-state index is 12.8. The van der Waals surface area contributed by atoms with Gasteiger partial charge in [0, 0.05) is 3.57 Å². The minimum atomic E-state index is -4.65. The Morgan fingerprint density at radius 2 is 2.00 bits per heavy atom. The third-order valence-corrected chi connectivity index (χ3v) is 3.06. The summed E-state index contributed by atoms with van der Waals surface area (Å²) in [5.41, 5.74) is -1.73. The molecule has 0 spiro atoms. The van der Waals surface area contributed by atoms with Gasteiger partial charge >= 0.3 is 12.1 Å². The van der Waals surface area contributed by atoms with Crippen LogP contribution in [0.2, 0.25) is 0 Å². The van der Waals surface area contributed by atoms with Crippen LogP contribution in [0.5, 0.6) is 5.75 Å². The maximum absolute atomic E-state index is 12.8. The average Bonchev–Trinajstić information content (AvgIpc) is 2.13. The number of ether oxygens (including phenoxy) is 1. The zero-order valence-corrected chi connectivity index (χ0v) is 11.0. The van der Waals surface area contributed by atoms with Crippen LogP contribution in [-0.2, 0) is 6.18 Å². The zero-order valence-electron chi connectivity index (χ0n) is 8.85. The second-order valence-electron chi connectivity index (χ2n) is 3.24. The first kappa shape index (κ1) is 14.1. The molecule has 0 aliphatic rings. The Morgan fingerprint density at radius 3 is 2.35 bits per heavy atom. The summed E-state index contributed by atoms with van der Waals surface area (Å²) in [4.78, 5) is 10.9. The van der Waals surface area contributed by atoms with Crippen LogP contribution in [0.25, 0.3) is 0 Å². The van der Waals surface area contributed by atoms with Crippen molar-refractivity contribution in [2.45, 2.75) is 13.1 Å². The van der Waals surface area contributed by atoms with Crippen molar-refractivity contribution in [2.24, 2.45) is 0 Å². The SMILES string of the molecule is COc1cc(I)c(C(=O)O)c(C)c1C(F)(F)F. The van der Waals surface area contributed by atoms with Gasteiger partial charge < -0.3 is 9.84 Å². The number of carboxylic acids is 1. The molecule has 0 amide bonds. The van der Waals surface area contributed by atoms with Gasteiger partial charge in [-0.05, 0) is 41.1 Å². The highest BCUT2D eigenvalue weighted by atomic mass is 127. The molecule has 1 aromatic carbocycles. The fourth-order valence-corrected chi connectivity index (χ4v) is 2.44. The molecule has 3 nitrogen and oxygen atoms in total. The molecule has 0 bridgehead atoms. The quantitative estimate of drug-likeness (QED) is 0.824. The smallest absolute Gasteiger partial charge is 0.420 e. The molecule has 0 unspecified atom stereocenters. The topological polar surface area (TPSA) is 46.5 Å². The van der Waals surface area contributed by atoms with Crippen LogP contribution in [0.1, 0.15) is 21.5 Å². The summed E-state index contributed by atoms with van der Waals surface area (Å²) in [6.45, 7) is 1.12. The van der Waals surface area contributed by atoms with Crippen LogP contribution in [0.4, 0.5) is 13.2 Å². The largest absolute Gasteiger partial charge is 0.496 e. The van der Waals surface area contributed by atoms with Gasteiger partial charge in [-0.15, -0.1) is 0 Å². The Labute approximate surface area is 109 Å². The molecule has 0 radical (unpaired) electrons. The molecule has 1 aromatic rings. The van der Waals surface area contributed by atoms with Gasteiger partial charge in [-0.2, -0.15) is 13.2 Å². The lowest BCUT2D eigenvalue weighted by Crippen LogP contribution is -2.15. The van der Waals surface area contributed by atoms with Crippen LogP contribution in [0, 0.1) is 10.5 Å². The molecule has 0 heterocycles. The van der Waals surface area contributed by atoms with Crippen molar-refractivity contribution in [1.82, 2.24) is 0 Å². The zero-order chi connectivity index (χ0) is 13.4. The molecule has 0 saturated heterocycles. The number of hydrogen-bond acceptors (Lipinski definition) is 2. The van der Waals surface area contributed by atoms with E-state index in [9.17, 15) is 18.0 Å². The molecule has 0 saturated carbocycles. The Kier molecular flexibility index (Phi) is 3.90. The number of methoxy groups -OCH3 is 1. The van der Waals surface area contributed by atoms with E-state index in [0.717, 1.165) is 20.1 Å². The minimum Gasteiger partial charge on any atom is -0.496 e. The van der Waals surface area contributed by atoms with E-state index in [4.69, 9.17) is 5.11 Å². The molecule has 0 atom stereocenters. The summed E-state index contributed by atoms with van der Waals surface area (Å²) in [5, 5.41) is 8.89. The lowest BCUT2D eigenvalue weighted by Gasteiger charge is -2.17. The highest BCUT2D eigenvalue weighted by Crippen LogP contribution is 2.41. The van der Waals surface area contributed by atoms with Crippen molar-refractivity contribution in [1.29, 1.82) is 0 Å². The van der Waals surface area contributed by atoms with Gasteiger partial charge in [0.25, 0.3) is 0 Å². The van der Waals surface area contributed by atoms with E-state index in [1.165, 1.54) is 0 Å². The van der Waals surface area contributed by atoms with Gasteiger partial charge in [0.1, 0.15) is 11.3 Å². The summed E-state index contributed by atoms with van der Waals surface area (Å²) in [7, 11) is 1.11. The molecular weight excluding hydrogens is 352 g/mol. The summed E-state index contributed by atoms with van der Waals surface area (Å²) in [6.07, 6.45) is -4.65. The fraction of sp³-hybridized carbons (Fsp3) is 0.300. The molecule has 0 fully saturated rings. The van der Waals surface area contributed by atoms with Gasteiger partial charge in [0.05, 0.1) is 12.7 Å². The van der Waals surface area contributed by atoms with E-state index in [1.54, 1.807) is 22.6 Å².